The lowest BCUT2D eigenvalue weighted by molar-refractivity contribution is -0.244. The van der Waals surface area contributed by atoms with E-state index in [9.17, 15) is 72.4 Å². The number of nitrogens with one attached hydrogen (secondary N) is 4. The number of alkyl halides is 4. The average Bonchev–Trinajstić information content (AvgIpc) is 1.61. The summed E-state index contributed by atoms with van der Waals surface area (Å²) in [7, 11) is -2.00. The van der Waals surface area contributed by atoms with E-state index in [1.807, 2.05) is 118 Å². The van der Waals surface area contributed by atoms with Crippen LogP contribution in [0, 0.1) is 67.6 Å². The summed E-state index contributed by atoms with van der Waals surface area (Å²) in [4.78, 5) is 111. The number of esters is 3. The number of fused-ring (bicyclic) bond motifs is 3. The molecular formula is C90H153Cl2F2N7O29. The molecule has 0 spiro atoms. The zero-order chi connectivity index (χ0) is 101. The summed E-state index contributed by atoms with van der Waals surface area (Å²) in [5.41, 5.74) is -4.25. The number of nitrogens with zero attached hydrogens (tertiary/aromatic N) is 3. The van der Waals surface area contributed by atoms with Gasteiger partial charge in [-0.3, -0.25) is 61.6 Å². The number of H-pyrrole nitrogens is 4. The first-order chi connectivity index (χ1) is 61.6. The highest BCUT2D eigenvalue weighted by molar-refractivity contribution is 6.40. The van der Waals surface area contributed by atoms with Crippen molar-refractivity contribution in [3.8, 4) is 6.07 Å². The van der Waals surface area contributed by atoms with E-state index in [0.717, 1.165) is 71.0 Å². The largest absolute Gasteiger partial charge is 0.457 e. The fourth-order valence-corrected chi connectivity index (χ4v) is 17.6. The molecular weight excluding hydrogens is 1750 g/mol. The monoisotopic (exact) mass is 1910 g/mol. The Morgan fingerprint density at radius 1 is 0.477 bits per heavy atom. The minimum absolute atomic E-state index is 0.0132. The highest BCUT2D eigenvalue weighted by Gasteiger charge is 2.63. The molecule has 13 rings (SSSR count). The zero-order valence-corrected chi connectivity index (χ0v) is 82.9. The second-order valence-electron chi connectivity index (χ2n) is 34.6. The molecule has 750 valence electrons. The third kappa shape index (κ3) is 29.9. The lowest BCUT2D eigenvalue weighted by Crippen LogP contribution is -2.45. The summed E-state index contributed by atoms with van der Waals surface area (Å²) in [5, 5.41) is 45.9. The van der Waals surface area contributed by atoms with E-state index < -0.39 is 149 Å². The Morgan fingerprint density at radius 2 is 0.777 bits per heavy atom. The number of nitriles is 1. The van der Waals surface area contributed by atoms with Crippen LogP contribution >= 0.6 is 23.2 Å². The van der Waals surface area contributed by atoms with E-state index in [1.165, 1.54) is 68.3 Å². The fourth-order valence-electron chi connectivity index (χ4n) is 17.6. The molecule has 0 aromatic carbocycles. The number of hydrogen-bond acceptors (Lipinski definition) is 30. The number of carbonyl (C=O) groups excluding carboxylic acids is 3. The van der Waals surface area contributed by atoms with E-state index in [2.05, 4.69) is 47.6 Å². The number of aromatic amines is 4. The van der Waals surface area contributed by atoms with Crippen LogP contribution in [0.2, 0.25) is 0 Å². The molecule has 0 radical (unpaired) electrons. The Hall–Kier alpha value is -6.30. The highest BCUT2D eigenvalue weighted by atomic mass is 35.5. The Balaban J connectivity index is 0.000000510. The van der Waals surface area contributed by atoms with Crippen molar-refractivity contribution in [1.29, 1.82) is 5.26 Å². The van der Waals surface area contributed by atoms with Gasteiger partial charge in [0.2, 0.25) is 6.29 Å². The topological polar surface area (TPSA) is 479 Å². The fraction of sp³-hybridized carbons (Fsp3) is 0.822. The summed E-state index contributed by atoms with van der Waals surface area (Å²) >= 11 is 9.53. The molecule has 130 heavy (non-hydrogen) atoms. The quantitative estimate of drug-likeness (QED) is 0.0353. The van der Waals surface area contributed by atoms with Crippen LogP contribution in [-0.4, -0.2) is 233 Å². The summed E-state index contributed by atoms with van der Waals surface area (Å²) in [6.07, 6.45) is 8.78. The molecule has 0 amide bonds. The van der Waals surface area contributed by atoms with Gasteiger partial charge >= 0.3 is 35.0 Å². The first-order valence-electron chi connectivity index (χ1n) is 45.9. The van der Waals surface area contributed by atoms with Gasteiger partial charge in [-0.05, 0) is 133 Å². The van der Waals surface area contributed by atoms with E-state index in [1.54, 1.807) is 26.8 Å². The minimum Gasteiger partial charge on any atom is -0.457 e. The van der Waals surface area contributed by atoms with Crippen LogP contribution < -0.4 is 33.7 Å². The molecule has 10 aliphatic rings. The molecule has 0 aliphatic carbocycles. The lowest BCUT2D eigenvalue weighted by Gasteiger charge is -2.33. The molecule has 0 saturated carbocycles. The van der Waals surface area contributed by atoms with Gasteiger partial charge in [-0.15, -0.1) is 23.2 Å². The standard InChI is InChI=1S/C16H24N2O5.C14H22N2O4.C13H22O5.C12H22O3.C11H20O4.C10H18O5.C5H6N2O2.C4H8O.C2H3N.CH2Cl2.2CH3F/c1-6-16(7-2)10(4)12(22-11(5)19)14(23-16)18-8-9(3)13(20)17-15(18)21;1-5-14(6-2)9(4)10(17)12(20-14)16-7-8(3)11(18)15-13(16)19;1-6-13(7-2)8(3)11(16-9(4)14)12(18-13)17-10(5)15;1-6-12(7-2)8(3)9-10(15-12)14-11(4,5)13-9;1-5-11(6-12)7(2)8-9(15-11)14-10(3,4)13-8;1-6-7-8(14-9(2,3)13-7)15-10(6,4-11)5-12;1-3-2-6-5(9)7-4(3)8;1-2-4-5-3-1;1-2-3;2-1-3;2*1-2/h8,10,12,14H,6-7H2,1-5H3,(H,17,20,21);7,9-10,12,17H,5-6H2,1-4H3,(H,15,18,19);8,11-12H,6-7H2,1-5H3;8-10H,6-7H2,1-5H3;7-9,12H,5-6H2,1-4H3;6-8,11-12H,4-5H2,1-3H3;2H,1H3,(H2,6,7,8,9);1-4H2;1H3;1H2;2*1H3/t10-,12+,14+;9-,10+,12+;8-,11+,12?;8-,9+,10-;7-,8+,9-,11-;6-,7+,8-;;;;;;/m000000....../s1/i;;;;;;;;;;2*1D. The average molecular weight is 1910 g/mol. The predicted octanol–water partition coefficient (Wildman–Crippen LogP) is 11.6. The van der Waals surface area contributed by atoms with E-state index in [-0.39, 0.29) is 96.8 Å². The number of rotatable bonds is 17. The zero-order valence-electron chi connectivity index (χ0n) is 83.4. The normalized spacial score (nSPS) is 30.5. The van der Waals surface area contributed by atoms with E-state index >= 15 is 0 Å². The van der Waals surface area contributed by atoms with Crippen molar-refractivity contribution in [3.63, 3.8) is 0 Å². The van der Waals surface area contributed by atoms with Crippen molar-refractivity contribution >= 4 is 41.1 Å². The van der Waals surface area contributed by atoms with Crippen LogP contribution in [0.15, 0.2) is 47.4 Å². The molecule has 10 fully saturated rings. The van der Waals surface area contributed by atoms with Gasteiger partial charge in [0.15, 0.2) is 60.9 Å². The number of aryl methyl sites for hydroxylation is 3. The van der Waals surface area contributed by atoms with Crippen LogP contribution in [0.4, 0.5) is 8.78 Å². The number of hydrogen-bond donors (Lipinski definition) is 8. The van der Waals surface area contributed by atoms with Gasteiger partial charge in [0.05, 0.1) is 76.3 Å². The molecule has 10 aliphatic heterocycles. The molecule has 1 unspecified atom stereocenters. The van der Waals surface area contributed by atoms with Crippen LogP contribution in [0.1, 0.15) is 276 Å². The second-order valence-corrected chi connectivity index (χ2v) is 35.5. The molecule has 3 aromatic rings. The van der Waals surface area contributed by atoms with Gasteiger partial charge in [-0.25, -0.2) is 14.4 Å². The van der Waals surface area contributed by atoms with Crippen molar-refractivity contribution in [3.05, 3.63) is 97.8 Å². The maximum absolute atomic E-state index is 12.2. The molecule has 0 bridgehead atoms. The van der Waals surface area contributed by atoms with Gasteiger partial charge in [-0.1, -0.05) is 104 Å². The molecule has 8 N–H and O–H groups in total. The van der Waals surface area contributed by atoms with E-state index in [4.69, 9.17) is 107 Å². The van der Waals surface area contributed by atoms with Crippen molar-refractivity contribution in [1.82, 2.24) is 29.1 Å². The van der Waals surface area contributed by atoms with Gasteiger partial charge in [0.1, 0.15) is 30.0 Å². The minimum atomic E-state index is -1.00. The number of halogens is 4. The molecule has 40 heteroatoms. The first kappa shape index (κ1) is 116. The maximum Gasteiger partial charge on any atom is 0.330 e. The molecule has 10 saturated heterocycles. The second kappa shape index (κ2) is 53.3. The summed E-state index contributed by atoms with van der Waals surface area (Å²) in [6.45, 7) is 53.6. The lowest BCUT2D eigenvalue weighted by atomic mass is 9.83. The van der Waals surface area contributed by atoms with Gasteiger partial charge in [0, 0.05) is 112 Å². The third-order valence-corrected chi connectivity index (χ3v) is 25.9. The Labute approximate surface area is 775 Å². The van der Waals surface area contributed by atoms with E-state index in [0.29, 0.717) is 22.6 Å². The van der Waals surface area contributed by atoms with Crippen molar-refractivity contribution in [2.45, 2.75) is 390 Å². The molecule has 36 nitrogen and oxygen atoms in total. The van der Waals surface area contributed by atoms with Crippen LogP contribution in [0.25, 0.3) is 0 Å². The number of aliphatic hydroxyl groups is 4. The smallest absolute Gasteiger partial charge is 0.330 e. The number of aromatic nitrogens is 6. The Bertz CT molecular complexity index is 4250. The van der Waals surface area contributed by atoms with Crippen molar-refractivity contribution in [2.24, 2.45) is 35.5 Å². The van der Waals surface area contributed by atoms with Crippen LogP contribution in [0.3, 0.4) is 0 Å². The Morgan fingerprint density at radius 3 is 1.10 bits per heavy atom. The molecule has 3 aromatic heterocycles. The SMILES string of the molecule is C1CCOC1.CC#N.CCC1(CC)OC(OC(C)=O)[C@H](OC(C)=O)[C@@H]1C.CCC1(CC)O[C@@H](n2cc(C)c(=O)[nH]c2=O)[C@H](O)[C@@H]1C.CCC1(CC)O[C@@H](n2cc(C)c(=O)[nH]c2=O)[C@H](OC(C)=O)[C@@H]1C.CCC1(CC)O[C@@H]2OC(C)(C)O[C@@H]2[C@@H]1C.CC[C@@]1(CO)O[C@@H]2OC(C)(C)O[C@@H]2[C@@H]1C.C[C@H]1[C@H]2OC(C)(C)O[C@H]2OC1(CO)CO.Cc1c[nH]c(=O)[nH]c1=O.ClCCl.[2H]CF.[2H]CF. The first-order valence-corrected chi connectivity index (χ1v) is 45.5. The summed E-state index contributed by atoms with van der Waals surface area (Å²) < 4.78 is 124. The molecule has 13 heterocycles. The summed E-state index contributed by atoms with van der Waals surface area (Å²) in [5.74, 6) is -2.68. The van der Waals surface area contributed by atoms with Gasteiger partial charge in [-0.2, -0.15) is 5.26 Å². The number of carbonyl (C=O) groups is 3. The maximum atomic E-state index is 12.2. The third-order valence-electron chi connectivity index (χ3n) is 25.9. The highest BCUT2D eigenvalue weighted by Crippen LogP contribution is 2.52. The van der Waals surface area contributed by atoms with Crippen molar-refractivity contribution in [2.75, 3.05) is 52.7 Å². The van der Waals surface area contributed by atoms with Crippen LogP contribution in [0.5, 0.6) is 0 Å². The number of aliphatic hydroxyl groups excluding tert-OH is 4. The van der Waals surface area contributed by atoms with Gasteiger partial charge in [0.25, 0.3) is 16.7 Å². The van der Waals surface area contributed by atoms with Gasteiger partial charge < -0.3 is 101 Å². The van der Waals surface area contributed by atoms with Crippen molar-refractivity contribution < 1.29 is 122 Å². The molecule has 19 atom stereocenters. The Kier molecular flexibility index (Phi) is 47.5. The summed E-state index contributed by atoms with van der Waals surface area (Å²) in [6, 6.07) is 1.75. The number of ether oxygens (including phenoxy) is 16. The van der Waals surface area contributed by atoms with Crippen LogP contribution in [-0.2, 0) is 90.2 Å². The predicted molar refractivity (Wildman–Crippen MR) is 480 cm³/mol.